The summed E-state index contributed by atoms with van der Waals surface area (Å²) in [6, 6.07) is 0.461. The van der Waals surface area contributed by atoms with Crippen molar-refractivity contribution in [1.29, 1.82) is 0 Å². The largest absolute Gasteiger partial charge is 0.393 e. The molecule has 0 aromatic heterocycles. The van der Waals surface area contributed by atoms with Gasteiger partial charge in [-0.3, -0.25) is 9.59 Å². The van der Waals surface area contributed by atoms with E-state index in [-0.39, 0.29) is 11.5 Å². The third-order valence-electron chi connectivity index (χ3n) is 16.3. The van der Waals surface area contributed by atoms with Crippen LogP contribution in [0.15, 0.2) is 0 Å². The quantitative estimate of drug-likeness (QED) is 0.181. The predicted octanol–water partition coefficient (Wildman–Crippen LogP) is 11.4. The summed E-state index contributed by atoms with van der Waals surface area (Å²) in [6.07, 6.45) is 25.9. The Kier molecular flexibility index (Phi) is 16.9. The molecule has 0 aliphatic heterocycles. The number of hydrogen-bond donors (Lipinski definition) is 3. The molecule has 3 N–H and O–H groups in total. The first-order valence-corrected chi connectivity index (χ1v) is 22.2. The standard InChI is InChI=1S/C26H44O.C8H15NO.C5H11NO.C4H8.C3H8/c1-23(2)20-11-15-25(4)19-10-14-24(3)13-6-7-18(24)17(19)8-9-21(25)26(20,5)16-12-22(23)27;1-3-7-4-8(6(7)2)9-5-10;1-2-3-4-6-5-7;1-4-2-3-4;1-3-2/h17-22,27H,6-16H2,1-5H3;5-8H,3-4H2,1-2H3,(H,9,10);5H,2-4H2,1H3,(H,6,7);4H,2-3H2,1H3;3H2,1-2H3. The lowest BCUT2D eigenvalue weighted by molar-refractivity contribution is -0.213. The number of hydrogen-bond acceptors (Lipinski definition) is 3. The van der Waals surface area contributed by atoms with Gasteiger partial charge in [0.1, 0.15) is 0 Å². The monoisotopic (exact) mass is 715 g/mol. The fourth-order valence-corrected chi connectivity index (χ4v) is 12.8. The van der Waals surface area contributed by atoms with E-state index in [4.69, 9.17) is 0 Å². The maximum atomic E-state index is 10.8. The van der Waals surface area contributed by atoms with Crippen LogP contribution in [0.5, 0.6) is 0 Å². The Balaban J connectivity index is 0.000000238. The third-order valence-corrected chi connectivity index (χ3v) is 16.3. The van der Waals surface area contributed by atoms with E-state index >= 15 is 0 Å². The minimum absolute atomic E-state index is 0.0925. The number of rotatable bonds is 7. The van der Waals surface area contributed by atoms with Gasteiger partial charge in [-0.2, -0.15) is 0 Å². The minimum Gasteiger partial charge on any atom is -0.393 e. The Morgan fingerprint density at radius 2 is 1.37 bits per heavy atom. The summed E-state index contributed by atoms with van der Waals surface area (Å²) < 4.78 is 0. The second kappa shape index (κ2) is 19.5. The van der Waals surface area contributed by atoms with E-state index in [9.17, 15) is 14.7 Å². The van der Waals surface area contributed by atoms with Crippen molar-refractivity contribution in [2.45, 2.75) is 204 Å². The summed E-state index contributed by atoms with van der Waals surface area (Å²) in [5.74, 6) is 7.26. The van der Waals surface area contributed by atoms with E-state index in [2.05, 4.69) is 86.8 Å². The van der Waals surface area contributed by atoms with Gasteiger partial charge in [-0.1, -0.05) is 115 Å². The van der Waals surface area contributed by atoms with Crippen molar-refractivity contribution in [3.05, 3.63) is 0 Å². The maximum Gasteiger partial charge on any atom is 0.207 e. The molecule has 51 heavy (non-hydrogen) atoms. The van der Waals surface area contributed by atoms with Crippen molar-refractivity contribution >= 4 is 12.8 Å². The van der Waals surface area contributed by atoms with Crippen LogP contribution < -0.4 is 10.6 Å². The van der Waals surface area contributed by atoms with Crippen LogP contribution >= 0.6 is 0 Å². The van der Waals surface area contributed by atoms with Gasteiger partial charge in [-0.25, -0.2) is 0 Å². The lowest BCUT2D eigenvalue weighted by atomic mass is 9.36. The second-order valence-corrected chi connectivity index (χ2v) is 20.0. The summed E-state index contributed by atoms with van der Waals surface area (Å²) in [4.78, 5) is 19.6. The molecule has 7 rings (SSSR count). The van der Waals surface area contributed by atoms with Gasteiger partial charge in [-0.15, -0.1) is 0 Å². The summed E-state index contributed by atoms with van der Waals surface area (Å²) in [5, 5.41) is 16.2. The highest BCUT2D eigenvalue weighted by molar-refractivity contribution is 5.47. The van der Waals surface area contributed by atoms with Gasteiger partial charge in [0.2, 0.25) is 12.8 Å². The first kappa shape index (κ1) is 44.3. The van der Waals surface area contributed by atoms with Gasteiger partial charge < -0.3 is 15.7 Å². The Hall–Kier alpha value is -1.10. The van der Waals surface area contributed by atoms with Crippen molar-refractivity contribution in [3.8, 4) is 0 Å². The van der Waals surface area contributed by atoms with E-state index < -0.39 is 0 Å². The molecule has 298 valence electrons. The van der Waals surface area contributed by atoms with Crippen LogP contribution in [0.2, 0.25) is 0 Å². The topological polar surface area (TPSA) is 78.4 Å². The van der Waals surface area contributed by atoms with E-state index in [0.717, 1.165) is 74.1 Å². The van der Waals surface area contributed by atoms with Gasteiger partial charge in [0, 0.05) is 12.6 Å². The number of nitrogens with one attached hydrogen (secondary N) is 2. The molecule has 0 bridgehead atoms. The molecule has 0 heterocycles. The maximum absolute atomic E-state index is 10.8. The van der Waals surface area contributed by atoms with E-state index in [1.165, 1.54) is 96.3 Å². The van der Waals surface area contributed by atoms with Crippen LogP contribution in [-0.4, -0.2) is 36.6 Å². The van der Waals surface area contributed by atoms with Gasteiger partial charge in [0.25, 0.3) is 0 Å². The van der Waals surface area contributed by atoms with E-state index in [1.807, 2.05) is 0 Å². The fraction of sp³-hybridized carbons (Fsp3) is 0.957. The number of aliphatic hydroxyl groups is 1. The Labute approximate surface area is 316 Å². The van der Waals surface area contributed by atoms with E-state index in [0.29, 0.717) is 34.1 Å². The molecule has 0 saturated heterocycles. The van der Waals surface area contributed by atoms with Gasteiger partial charge in [-0.05, 0) is 146 Å². The van der Waals surface area contributed by atoms with Crippen molar-refractivity contribution < 1.29 is 14.7 Å². The smallest absolute Gasteiger partial charge is 0.207 e. The molecule has 0 aromatic rings. The van der Waals surface area contributed by atoms with Crippen molar-refractivity contribution in [2.75, 3.05) is 6.54 Å². The van der Waals surface area contributed by atoms with Crippen molar-refractivity contribution in [3.63, 3.8) is 0 Å². The summed E-state index contributed by atoms with van der Waals surface area (Å²) in [7, 11) is 0. The van der Waals surface area contributed by atoms with Crippen LogP contribution in [0.25, 0.3) is 0 Å². The van der Waals surface area contributed by atoms with Gasteiger partial charge >= 0.3 is 0 Å². The molecule has 5 nitrogen and oxygen atoms in total. The molecule has 12 unspecified atom stereocenters. The zero-order chi connectivity index (χ0) is 38.0. The third kappa shape index (κ3) is 10.2. The Morgan fingerprint density at radius 3 is 1.92 bits per heavy atom. The Morgan fingerprint density at radius 1 is 0.725 bits per heavy atom. The van der Waals surface area contributed by atoms with Crippen molar-refractivity contribution in [1.82, 2.24) is 10.6 Å². The second-order valence-electron chi connectivity index (χ2n) is 20.0. The molecule has 7 aliphatic carbocycles. The number of aliphatic hydroxyl groups excluding tert-OH is 1. The molecular formula is C46H86N2O3. The molecule has 7 saturated carbocycles. The Bertz CT molecular complexity index is 1040. The number of carbonyl (C=O) groups excluding carboxylic acids is 2. The highest BCUT2D eigenvalue weighted by Gasteiger charge is 2.65. The molecule has 7 aliphatic rings. The van der Waals surface area contributed by atoms with Crippen LogP contribution in [0.4, 0.5) is 0 Å². The molecule has 5 heteroatoms. The highest BCUT2D eigenvalue weighted by atomic mass is 16.3. The van der Waals surface area contributed by atoms with Crippen LogP contribution in [0.1, 0.15) is 192 Å². The minimum atomic E-state index is -0.0925. The number of unbranched alkanes of at least 4 members (excludes halogenated alkanes) is 1. The summed E-state index contributed by atoms with van der Waals surface area (Å²) in [5.41, 5.74) is 1.80. The van der Waals surface area contributed by atoms with Crippen LogP contribution in [-0.2, 0) is 9.59 Å². The average molecular weight is 715 g/mol. The van der Waals surface area contributed by atoms with Gasteiger partial charge in [0.15, 0.2) is 0 Å². The molecule has 2 amide bonds. The van der Waals surface area contributed by atoms with Crippen LogP contribution in [0.3, 0.4) is 0 Å². The molecule has 12 atom stereocenters. The van der Waals surface area contributed by atoms with Crippen molar-refractivity contribution in [2.24, 2.45) is 69.0 Å². The van der Waals surface area contributed by atoms with E-state index in [1.54, 1.807) is 0 Å². The molecule has 0 spiro atoms. The number of carbonyl (C=O) groups is 2. The summed E-state index contributed by atoms with van der Waals surface area (Å²) in [6.45, 7) is 26.6. The SMILES string of the molecule is CC12CCCC1C1CCC3C(C)(CCC4C(C)(C)C(O)CCC43C)C1CC2.CC1CC1.CCC.CCC1CC(NC=O)C1C.CCCCNC=O. The van der Waals surface area contributed by atoms with Crippen LogP contribution in [0, 0.1) is 69.0 Å². The number of fused-ring (bicyclic) bond motifs is 7. The number of amides is 2. The zero-order valence-electron chi connectivity index (χ0n) is 35.6. The first-order chi connectivity index (χ1) is 24.1. The molecule has 7 fully saturated rings. The molecular weight excluding hydrogens is 629 g/mol. The lowest BCUT2D eigenvalue weighted by Gasteiger charge is -2.69. The predicted molar refractivity (Wildman–Crippen MR) is 216 cm³/mol. The highest BCUT2D eigenvalue weighted by Crippen LogP contribution is 2.72. The summed E-state index contributed by atoms with van der Waals surface area (Å²) >= 11 is 0. The zero-order valence-corrected chi connectivity index (χ0v) is 35.6. The normalized spacial score (nSPS) is 42.5. The lowest BCUT2D eigenvalue weighted by Crippen LogP contribution is -2.63. The fourth-order valence-electron chi connectivity index (χ4n) is 12.8. The van der Waals surface area contributed by atoms with Gasteiger partial charge in [0.05, 0.1) is 6.10 Å². The molecule has 0 aromatic carbocycles. The molecule has 0 radical (unpaired) electrons. The average Bonchev–Trinajstić information content (AvgIpc) is 3.77. The first-order valence-electron chi connectivity index (χ1n) is 22.2.